The van der Waals surface area contributed by atoms with E-state index in [1.807, 2.05) is 21.1 Å². The summed E-state index contributed by atoms with van der Waals surface area (Å²) < 4.78 is 34.7. The molecule has 0 radical (unpaired) electrons. The lowest BCUT2D eigenvalue weighted by molar-refractivity contribution is -0.870. The number of carbonyl (C=O) groups is 2. The molecule has 0 aromatic carbocycles. The number of ether oxygens (including phenoxy) is 2. The SMILES string of the molecule is CC/C=C\C/C=C\C/C=C\C/C=C\C/C=C\C/C=C\C/C=C\CCCCCCCCCCCCCCCCCC(=O)OC(COC(=O)CCCCCCCCCC/C=C\C/C=C\C/C=C\C/C=C\C/C=C\C/C=C\CC)COP(=O)(O)OCC[N+](C)(C)C. The lowest BCUT2D eigenvalue weighted by atomic mass is 10.0. The molecule has 1 N–H and O–H groups in total. The minimum absolute atomic E-state index is 0.0232. The quantitative estimate of drug-likeness (QED) is 0.0211. The normalized spacial score (nSPS) is 14.1. The molecule has 0 aliphatic rings. The standard InChI is InChI=1S/C78H130NO8P/c1-6-8-10-12-14-16-18-20-22-24-26-28-30-32-34-35-36-37-38-39-40-41-42-43-45-47-49-51-53-55-57-59-61-63-65-67-69-71-78(81)87-76(75-86-88(82,83)85-73-72-79(3,4)5)74-84-77(80)70-68-66-64-62-60-58-56-54-52-50-48-46-44-33-31-29-27-25-23-21-19-17-15-13-11-9-7-2/h8-11,14-17,20-23,26-29,32-34,36-37,39-40,44,48,50,76H,6-7,12-13,18-19,24-25,30-31,35,38,41-43,45-47,49,51-75H2,1-5H3/p+1/b10-8-,11-9-,16-14-,17-15-,22-20-,23-21-,28-26-,29-27-,34-32-,37-36-,40-39-,44-33-,50-48-. The maximum Gasteiger partial charge on any atom is 0.472 e. The number of allylic oxidation sites excluding steroid dienone is 26. The van der Waals surface area contributed by atoms with E-state index in [4.69, 9.17) is 18.5 Å². The summed E-state index contributed by atoms with van der Waals surface area (Å²) >= 11 is 0. The zero-order chi connectivity index (χ0) is 64.1. The second-order valence-electron chi connectivity index (χ2n) is 24.2. The molecule has 0 fully saturated rings. The van der Waals surface area contributed by atoms with Crippen LogP contribution in [0.2, 0.25) is 0 Å². The highest BCUT2D eigenvalue weighted by atomic mass is 31.2. The summed E-state index contributed by atoms with van der Waals surface area (Å²) in [7, 11) is 1.46. The molecule has 0 bridgehead atoms. The molecular weight excluding hydrogens is 1110 g/mol. The predicted molar refractivity (Wildman–Crippen MR) is 380 cm³/mol. The van der Waals surface area contributed by atoms with Crippen LogP contribution in [0.4, 0.5) is 0 Å². The fraction of sp³-hybridized carbons (Fsp3) is 0.641. The molecule has 2 atom stereocenters. The number of hydrogen-bond acceptors (Lipinski definition) is 7. The summed E-state index contributed by atoms with van der Waals surface area (Å²) in [6.45, 7) is 4.20. The Hall–Kier alpha value is -4.37. The Balaban J connectivity index is 4.09. The number of phosphoric ester groups is 1. The van der Waals surface area contributed by atoms with Crippen LogP contribution in [-0.2, 0) is 32.7 Å². The van der Waals surface area contributed by atoms with Crippen LogP contribution < -0.4 is 0 Å². The van der Waals surface area contributed by atoms with Gasteiger partial charge in [0.2, 0.25) is 0 Å². The minimum Gasteiger partial charge on any atom is -0.462 e. The zero-order valence-electron chi connectivity index (χ0n) is 56.9. The highest BCUT2D eigenvalue weighted by Crippen LogP contribution is 2.43. The first-order valence-electron chi connectivity index (χ1n) is 35.2. The van der Waals surface area contributed by atoms with E-state index < -0.39 is 26.5 Å². The molecule has 500 valence electrons. The molecule has 0 spiro atoms. The van der Waals surface area contributed by atoms with Gasteiger partial charge in [-0.05, 0) is 122 Å². The second kappa shape index (κ2) is 67.0. The Bertz CT molecular complexity index is 2040. The maximum atomic E-state index is 12.9. The van der Waals surface area contributed by atoms with Crippen molar-refractivity contribution < 1.29 is 42.1 Å². The summed E-state index contributed by atoms with van der Waals surface area (Å²) in [5.74, 6) is -0.811. The molecule has 0 saturated carbocycles. The molecule has 88 heavy (non-hydrogen) atoms. The van der Waals surface area contributed by atoms with Gasteiger partial charge in [0.1, 0.15) is 19.8 Å². The fourth-order valence-electron chi connectivity index (χ4n) is 9.24. The van der Waals surface area contributed by atoms with Crippen molar-refractivity contribution in [1.82, 2.24) is 0 Å². The first-order valence-corrected chi connectivity index (χ1v) is 36.7. The van der Waals surface area contributed by atoms with E-state index in [0.29, 0.717) is 17.4 Å². The molecule has 0 aromatic heterocycles. The number of phosphoric acid groups is 1. The monoisotopic (exact) mass is 1240 g/mol. The van der Waals surface area contributed by atoms with Crippen molar-refractivity contribution in [2.45, 2.75) is 277 Å². The first-order chi connectivity index (χ1) is 43.0. The van der Waals surface area contributed by atoms with Crippen molar-refractivity contribution in [3.63, 3.8) is 0 Å². The first kappa shape index (κ1) is 83.6. The van der Waals surface area contributed by atoms with Crippen molar-refractivity contribution in [2.24, 2.45) is 0 Å². The molecule has 9 nitrogen and oxygen atoms in total. The van der Waals surface area contributed by atoms with Crippen LogP contribution in [0.15, 0.2) is 158 Å². The van der Waals surface area contributed by atoms with Crippen LogP contribution in [0, 0.1) is 0 Å². The molecule has 0 heterocycles. The van der Waals surface area contributed by atoms with Crippen LogP contribution in [0.1, 0.15) is 271 Å². The van der Waals surface area contributed by atoms with E-state index in [-0.39, 0.29) is 32.0 Å². The highest BCUT2D eigenvalue weighted by Gasteiger charge is 2.27. The summed E-state index contributed by atoms with van der Waals surface area (Å²) in [6, 6.07) is 0. The number of unbranched alkanes of at least 4 members (excludes halogenated alkanes) is 23. The van der Waals surface area contributed by atoms with Crippen molar-refractivity contribution in [1.29, 1.82) is 0 Å². The third kappa shape index (κ3) is 70.7. The summed E-state index contributed by atoms with van der Waals surface area (Å²) in [6.07, 6.45) is 101. The van der Waals surface area contributed by atoms with Crippen molar-refractivity contribution >= 4 is 19.8 Å². The van der Waals surface area contributed by atoms with Gasteiger partial charge in [-0.15, -0.1) is 0 Å². The Kier molecular flexibility index (Phi) is 63.7. The third-order valence-electron chi connectivity index (χ3n) is 14.6. The van der Waals surface area contributed by atoms with E-state index in [0.717, 1.165) is 135 Å². The van der Waals surface area contributed by atoms with Gasteiger partial charge in [-0.3, -0.25) is 18.6 Å². The number of esters is 2. The van der Waals surface area contributed by atoms with Crippen molar-refractivity contribution in [2.75, 3.05) is 47.5 Å². The topological polar surface area (TPSA) is 108 Å². The Morgan fingerprint density at radius 1 is 0.352 bits per heavy atom. The maximum absolute atomic E-state index is 12.9. The Morgan fingerprint density at radius 2 is 0.614 bits per heavy atom. The molecular formula is C78H131NO8P+. The smallest absolute Gasteiger partial charge is 0.462 e. The number of nitrogens with zero attached hydrogens (tertiary/aromatic N) is 1. The molecule has 0 saturated heterocycles. The van der Waals surface area contributed by atoms with Crippen molar-refractivity contribution in [3.05, 3.63) is 158 Å². The van der Waals surface area contributed by atoms with Gasteiger partial charge in [0.05, 0.1) is 27.7 Å². The molecule has 0 aromatic rings. The average Bonchev–Trinajstić information content (AvgIpc) is 3.68. The fourth-order valence-corrected chi connectivity index (χ4v) is 9.98. The second-order valence-corrected chi connectivity index (χ2v) is 25.6. The van der Waals surface area contributed by atoms with E-state index in [1.54, 1.807) is 0 Å². The highest BCUT2D eigenvalue weighted by molar-refractivity contribution is 7.47. The molecule has 0 aliphatic carbocycles. The van der Waals surface area contributed by atoms with Gasteiger partial charge in [-0.1, -0.05) is 294 Å². The van der Waals surface area contributed by atoms with E-state index in [1.165, 1.54) is 103 Å². The number of rotatable bonds is 63. The number of quaternary nitrogens is 1. The van der Waals surface area contributed by atoms with Crippen LogP contribution in [-0.4, -0.2) is 74.9 Å². The summed E-state index contributed by atoms with van der Waals surface area (Å²) in [5.41, 5.74) is 0. The van der Waals surface area contributed by atoms with Crippen LogP contribution in [0.25, 0.3) is 0 Å². The van der Waals surface area contributed by atoms with Gasteiger partial charge in [0.15, 0.2) is 6.10 Å². The van der Waals surface area contributed by atoms with Gasteiger partial charge in [0, 0.05) is 12.8 Å². The Labute approximate surface area is 541 Å². The molecule has 0 amide bonds. The number of hydrogen-bond donors (Lipinski definition) is 1. The van der Waals surface area contributed by atoms with Crippen LogP contribution in [0.5, 0.6) is 0 Å². The van der Waals surface area contributed by atoms with Crippen molar-refractivity contribution in [3.8, 4) is 0 Å². The van der Waals surface area contributed by atoms with Gasteiger partial charge >= 0.3 is 19.8 Å². The van der Waals surface area contributed by atoms with Crippen LogP contribution in [0.3, 0.4) is 0 Å². The van der Waals surface area contributed by atoms with E-state index in [2.05, 4.69) is 172 Å². The summed E-state index contributed by atoms with van der Waals surface area (Å²) in [5, 5.41) is 0. The zero-order valence-corrected chi connectivity index (χ0v) is 57.8. The van der Waals surface area contributed by atoms with Gasteiger partial charge in [0.25, 0.3) is 0 Å². The lowest BCUT2D eigenvalue weighted by Gasteiger charge is -2.24. The molecule has 2 unspecified atom stereocenters. The van der Waals surface area contributed by atoms with Gasteiger partial charge in [-0.25, -0.2) is 4.57 Å². The largest absolute Gasteiger partial charge is 0.472 e. The molecule has 10 heteroatoms. The lowest BCUT2D eigenvalue weighted by Crippen LogP contribution is -2.37. The minimum atomic E-state index is -4.40. The van der Waals surface area contributed by atoms with E-state index >= 15 is 0 Å². The average molecular weight is 1240 g/mol. The number of carbonyl (C=O) groups excluding carboxylic acids is 2. The predicted octanol–water partition coefficient (Wildman–Crippen LogP) is 23.2. The number of likely N-dealkylation sites (N-methyl/N-ethyl adjacent to an activating group) is 1. The van der Waals surface area contributed by atoms with Gasteiger partial charge < -0.3 is 18.9 Å². The summed E-state index contributed by atoms with van der Waals surface area (Å²) in [4.78, 5) is 35.9. The Morgan fingerprint density at radius 3 is 0.909 bits per heavy atom. The third-order valence-corrected chi connectivity index (χ3v) is 15.5. The van der Waals surface area contributed by atoms with Crippen LogP contribution >= 0.6 is 7.82 Å². The molecule has 0 rings (SSSR count). The van der Waals surface area contributed by atoms with Gasteiger partial charge in [-0.2, -0.15) is 0 Å². The van der Waals surface area contributed by atoms with E-state index in [9.17, 15) is 19.0 Å². The molecule has 0 aliphatic heterocycles.